The van der Waals surface area contributed by atoms with E-state index in [0.29, 0.717) is 22.6 Å². The normalized spacial score (nSPS) is 12.2. The molecule has 0 saturated carbocycles. The molecule has 1 aliphatic heterocycles. The summed E-state index contributed by atoms with van der Waals surface area (Å²) < 4.78 is 21.0. The molecule has 0 spiro atoms. The van der Waals surface area contributed by atoms with Gasteiger partial charge in [-0.2, -0.15) is 5.10 Å². The Labute approximate surface area is 216 Å². The van der Waals surface area contributed by atoms with Crippen molar-refractivity contribution in [3.05, 3.63) is 93.2 Å². The van der Waals surface area contributed by atoms with E-state index in [1.54, 1.807) is 48.5 Å². The van der Waals surface area contributed by atoms with Crippen LogP contribution in [0.1, 0.15) is 21.5 Å². The maximum absolute atomic E-state index is 13.0. The highest BCUT2D eigenvalue weighted by Crippen LogP contribution is 2.34. The summed E-state index contributed by atoms with van der Waals surface area (Å²) in [6.07, 6.45) is 2.63. The number of nitrogens with zero attached hydrogens (tertiary/aromatic N) is 2. The lowest BCUT2D eigenvalue weighted by Crippen LogP contribution is -2.32. The minimum Gasteiger partial charge on any atom is -0.496 e. The highest BCUT2D eigenvalue weighted by molar-refractivity contribution is 6.05. The highest BCUT2D eigenvalue weighted by atomic mass is 16.7. The van der Waals surface area contributed by atoms with E-state index in [9.17, 15) is 19.7 Å². The molecule has 12 heteroatoms. The van der Waals surface area contributed by atoms with Crippen molar-refractivity contribution in [2.24, 2.45) is 5.10 Å². The van der Waals surface area contributed by atoms with Crippen molar-refractivity contribution < 1.29 is 33.5 Å². The molecule has 0 aromatic heterocycles. The number of methoxy groups -OCH3 is 2. The fourth-order valence-electron chi connectivity index (χ4n) is 3.48. The molecular formula is C26H22N4O8. The quantitative estimate of drug-likeness (QED) is 0.190. The predicted octanol–water partition coefficient (Wildman–Crippen LogP) is 3.26. The van der Waals surface area contributed by atoms with Crippen molar-refractivity contribution in [3.8, 4) is 23.0 Å². The lowest BCUT2D eigenvalue weighted by atomic mass is 10.1. The Bertz CT molecular complexity index is 1440. The third kappa shape index (κ3) is 5.87. The van der Waals surface area contributed by atoms with Gasteiger partial charge < -0.3 is 24.3 Å². The number of hydrogen-bond acceptors (Lipinski definition) is 9. The number of nitrogens with one attached hydrogen (secondary N) is 2. The number of carbonyl (C=O) groups is 2. The van der Waals surface area contributed by atoms with E-state index >= 15 is 0 Å². The molecule has 2 amide bonds. The van der Waals surface area contributed by atoms with Crippen LogP contribution in [-0.2, 0) is 4.79 Å². The average Bonchev–Trinajstić information content (AvgIpc) is 3.40. The predicted molar refractivity (Wildman–Crippen MR) is 136 cm³/mol. The molecule has 4 rings (SSSR count). The van der Waals surface area contributed by atoms with Gasteiger partial charge in [0.1, 0.15) is 11.4 Å². The van der Waals surface area contributed by atoms with Crippen molar-refractivity contribution in [2.75, 3.05) is 21.0 Å². The first kappa shape index (κ1) is 25.7. The van der Waals surface area contributed by atoms with E-state index in [4.69, 9.17) is 18.9 Å². The number of hydrazone groups is 1. The summed E-state index contributed by atoms with van der Waals surface area (Å²) in [4.78, 5) is 36.6. The molecule has 0 aliphatic carbocycles. The van der Waals surface area contributed by atoms with Gasteiger partial charge in [0.05, 0.1) is 25.4 Å². The maximum atomic E-state index is 13.0. The third-order valence-corrected chi connectivity index (χ3v) is 5.33. The van der Waals surface area contributed by atoms with Gasteiger partial charge in [-0.1, -0.05) is 24.3 Å². The smallest absolute Gasteiger partial charge is 0.311 e. The molecule has 0 radical (unpaired) electrons. The van der Waals surface area contributed by atoms with Gasteiger partial charge in [-0.15, -0.1) is 0 Å². The zero-order valence-corrected chi connectivity index (χ0v) is 20.3. The SMILES string of the molecule is COc1cc(OC)c([N+](=O)[O-])cc1C=NNC(=O)C(=Cc1ccc2c(c1)OCO2)NC(=O)c1ccccc1. The molecule has 0 fully saturated rings. The van der Waals surface area contributed by atoms with E-state index in [1.165, 1.54) is 38.6 Å². The van der Waals surface area contributed by atoms with E-state index in [2.05, 4.69) is 15.8 Å². The van der Waals surface area contributed by atoms with Crippen LogP contribution in [0.3, 0.4) is 0 Å². The summed E-state index contributed by atoms with van der Waals surface area (Å²) in [5.74, 6) is 0.0478. The van der Waals surface area contributed by atoms with Crippen LogP contribution in [0.4, 0.5) is 5.69 Å². The topological polar surface area (TPSA) is 151 Å². The maximum Gasteiger partial charge on any atom is 0.311 e. The molecule has 12 nitrogen and oxygen atoms in total. The summed E-state index contributed by atoms with van der Waals surface area (Å²) in [6.45, 7) is 0.0856. The van der Waals surface area contributed by atoms with Gasteiger partial charge in [0.15, 0.2) is 11.5 Å². The van der Waals surface area contributed by atoms with Crippen LogP contribution in [0.5, 0.6) is 23.0 Å². The summed E-state index contributed by atoms with van der Waals surface area (Å²) >= 11 is 0. The van der Waals surface area contributed by atoms with E-state index < -0.39 is 16.7 Å². The number of nitro benzene ring substituents is 1. The summed E-state index contributed by atoms with van der Waals surface area (Å²) in [5, 5.41) is 17.9. The fraction of sp³-hybridized carbons (Fsp3) is 0.115. The number of nitro groups is 1. The van der Waals surface area contributed by atoms with Crippen molar-refractivity contribution >= 4 is 29.8 Å². The Balaban J connectivity index is 1.60. The summed E-state index contributed by atoms with van der Waals surface area (Å²) in [7, 11) is 2.68. The molecule has 0 unspecified atom stereocenters. The second kappa shape index (κ2) is 11.6. The van der Waals surface area contributed by atoms with Crippen LogP contribution >= 0.6 is 0 Å². The van der Waals surface area contributed by atoms with Crippen LogP contribution in [0.2, 0.25) is 0 Å². The van der Waals surface area contributed by atoms with Gasteiger partial charge in [0, 0.05) is 23.3 Å². The molecular weight excluding hydrogens is 496 g/mol. The molecule has 2 N–H and O–H groups in total. The van der Waals surface area contributed by atoms with E-state index in [1.807, 2.05) is 0 Å². The molecule has 38 heavy (non-hydrogen) atoms. The standard InChI is InChI=1S/C26H22N4O8/c1-35-22-13-23(36-2)20(30(33)34)12-18(22)14-27-29-26(32)19(28-25(31)17-6-4-3-5-7-17)10-16-8-9-21-24(11-16)38-15-37-21/h3-14H,15H2,1-2H3,(H,28,31)(H,29,32). The third-order valence-electron chi connectivity index (χ3n) is 5.33. The first-order valence-electron chi connectivity index (χ1n) is 11.1. The number of fused-ring (bicyclic) bond motifs is 1. The van der Waals surface area contributed by atoms with E-state index in [0.717, 1.165) is 0 Å². The van der Waals surface area contributed by atoms with Gasteiger partial charge in [0.25, 0.3) is 11.8 Å². The number of hydrogen-bond donors (Lipinski definition) is 2. The van der Waals surface area contributed by atoms with Gasteiger partial charge in [0.2, 0.25) is 12.5 Å². The monoisotopic (exact) mass is 518 g/mol. The molecule has 3 aromatic rings. The van der Waals surface area contributed by atoms with Crippen LogP contribution in [0.15, 0.2) is 71.5 Å². The number of carbonyl (C=O) groups excluding carboxylic acids is 2. The first-order valence-corrected chi connectivity index (χ1v) is 11.1. The first-order chi connectivity index (χ1) is 18.4. The second-order valence-electron chi connectivity index (χ2n) is 7.71. The van der Waals surface area contributed by atoms with Crippen LogP contribution in [-0.4, -0.2) is 44.0 Å². The van der Waals surface area contributed by atoms with Crippen molar-refractivity contribution in [1.29, 1.82) is 0 Å². The second-order valence-corrected chi connectivity index (χ2v) is 7.71. The van der Waals surface area contributed by atoms with Gasteiger partial charge in [-0.05, 0) is 35.9 Å². The summed E-state index contributed by atoms with van der Waals surface area (Å²) in [5.41, 5.74) is 3.03. The van der Waals surface area contributed by atoms with Gasteiger partial charge in [-0.3, -0.25) is 19.7 Å². The fourth-order valence-corrected chi connectivity index (χ4v) is 3.48. The van der Waals surface area contributed by atoms with Crippen molar-refractivity contribution in [2.45, 2.75) is 0 Å². The van der Waals surface area contributed by atoms with Gasteiger partial charge >= 0.3 is 5.69 Å². The zero-order valence-electron chi connectivity index (χ0n) is 20.3. The minimum absolute atomic E-state index is 0.00519. The Morgan fingerprint density at radius 3 is 2.45 bits per heavy atom. The Morgan fingerprint density at radius 2 is 1.74 bits per heavy atom. The molecule has 194 valence electrons. The number of amides is 2. The lowest BCUT2D eigenvalue weighted by Gasteiger charge is -2.10. The molecule has 0 atom stereocenters. The van der Waals surface area contributed by atoms with Crippen LogP contribution in [0.25, 0.3) is 6.08 Å². The van der Waals surface area contributed by atoms with E-state index in [-0.39, 0.29) is 35.2 Å². The highest BCUT2D eigenvalue weighted by Gasteiger charge is 2.20. The molecule has 1 aliphatic rings. The Hall–Kier alpha value is -5.39. The van der Waals surface area contributed by atoms with Crippen LogP contribution in [0, 0.1) is 10.1 Å². The Kier molecular flexibility index (Phi) is 7.82. The van der Waals surface area contributed by atoms with Crippen LogP contribution < -0.4 is 29.7 Å². The zero-order chi connectivity index (χ0) is 27.1. The number of ether oxygens (including phenoxy) is 4. The molecule has 0 bridgehead atoms. The minimum atomic E-state index is -0.745. The summed E-state index contributed by atoms with van der Waals surface area (Å²) in [6, 6.07) is 15.9. The average molecular weight is 518 g/mol. The van der Waals surface area contributed by atoms with Crippen molar-refractivity contribution in [3.63, 3.8) is 0 Å². The largest absolute Gasteiger partial charge is 0.496 e. The molecule has 3 aromatic carbocycles. The van der Waals surface area contributed by atoms with Gasteiger partial charge in [-0.25, -0.2) is 5.43 Å². The number of benzene rings is 3. The molecule has 0 saturated heterocycles. The lowest BCUT2D eigenvalue weighted by molar-refractivity contribution is -0.385. The molecule has 1 heterocycles. The van der Waals surface area contributed by atoms with Crippen molar-refractivity contribution in [1.82, 2.24) is 10.7 Å². The number of rotatable bonds is 9. The Morgan fingerprint density at radius 1 is 1.00 bits per heavy atom.